The third kappa shape index (κ3) is 3.95. The zero-order valence-corrected chi connectivity index (χ0v) is 13.1. The molecule has 1 aliphatic rings. The van der Waals surface area contributed by atoms with Crippen LogP contribution in [0.1, 0.15) is 45.4 Å². The van der Waals surface area contributed by atoms with Crippen LogP contribution in [0.4, 0.5) is 10.1 Å². The highest BCUT2D eigenvalue weighted by Crippen LogP contribution is 2.29. The summed E-state index contributed by atoms with van der Waals surface area (Å²) >= 11 is 0. The van der Waals surface area contributed by atoms with Crippen LogP contribution in [0.3, 0.4) is 0 Å². The Balaban J connectivity index is 2.20. The zero-order chi connectivity index (χ0) is 15.5. The number of sulfonamides is 1. The summed E-state index contributed by atoms with van der Waals surface area (Å²) in [6.45, 7) is 1.96. The average Bonchev–Trinajstić information content (AvgIpc) is 2.48. The van der Waals surface area contributed by atoms with Gasteiger partial charge in [0.15, 0.2) is 0 Å². The Hall–Kier alpha value is -1.14. The topological polar surface area (TPSA) is 72.2 Å². The molecule has 0 spiro atoms. The summed E-state index contributed by atoms with van der Waals surface area (Å²) in [5.74, 6) is -0.433. The average molecular weight is 314 g/mol. The highest BCUT2D eigenvalue weighted by Gasteiger charge is 2.28. The summed E-state index contributed by atoms with van der Waals surface area (Å²) in [4.78, 5) is -0.364. The maximum Gasteiger partial charge on any atom is 0.243 e. The number of halogens is 1. The van der Waals surface area contributed by atoms with Crippen molar-refractivity contribution in [1.82, 2.24) is 4.72 Å². The molecule has 0 bridgehead atoms. The first kappa shape index (κ1) is 16.2. The van der Waals surface area contributed by atoms with Crippen molar-refractivity contribution in [1.29, 1.82) is 0 Å². The minimum absolute atomic E-state index is 0.142. The van der Waals surface area contributed by atoms with Gasteiger partial charge in [-0.2, -0.15) is 0 Å². The first-order valence-electron chi connectivity index (χ1n) is 7.51. The fourth-order valence-corrected chi connectivity index (χ4v) is 4.54. The molecule has 2 rings (SSSR count). The first-order chi connectivity index (χ1) is 9.94. The van der Waals surface area contributed by atoms with Crippen LogP contribution in [0.5, 0.6) is 0 Å². The van der Waals surface area contributed by atoms with E-state index in [1.54, 1.807) is 0 Å². The Morgan fingerprint density at radius 2 is 2.00 bits per heavy atom. The van der Waals surface area contributed by atoms with Gasteiger partial charge in [0.05, 0.1) is 0 Å². The number of nitrogen functional groups attached to an aromatic ring is 1. The SMILES string of the molecule is CCC(NS(=O)(=O)c1cc(N)ccc1F)C1CCCCC1. The van der Waals surface area contributed by atoms with Crippen molar-refractivity contribution in [3.8, 4) is 0 Å². The number of anilines is 1. The molecule has 0 aromatic heterocycles. The Bertz CT molecular complexity index is 583. The van der Waals surface area contributed by atoms with E-state index in [2.05, 4.69) is 4.72 Å². The van der Waals surface area contributed by atoms with E-state index in [9.17, 15) is 12.8 Å². The number of nitrogens with one attached hydrogen (secondary N) is 1. The van der Waals surface area contributed by atoms with Crippen LogP contribution in [-0.2, 0) is 10.0 Å². The predicted octanol–water partition coefficient (Wildman–Crippen LogP) is 3.05. The molecular weight excluding hydrogens is 291 g/mol. The molecule has 1 saturated carbocycles. The fraction of sp³-hybridized carbons (Fsp3) is 0.600. The largest absolute Gasteiger partial charge is 0.399 e. The summed E-state index contributed by atoms with van der Waals surface area (Å²) in [5.41, 5.74) is 5.81. The van der Waals surface area contributed by atoms with Gasteiger partial charge in [-0.1, -0.05) is 26.2 Å². The van der Waals surface area contributed by atoms with Gasteiger partial charge in [-0.15, -0.1) is 0 Å². The Kier molecular flexibility index (Phi) is 5.22. The van der Waals surface area contributed by atoms with Crippen LogP contribution in [0.25, 0.3) is 0 Å². The van der Waals surface area contributed by atoms with E-state index in [0.29, 0.717) is 12.3 Å². The van der Waals surface area contributed by atoms with Crippen molar-refractivity contribution in [2.24, 2.45) is 5.92 Å². The van der Waals surface area contributed by atoms with E-state index in [1.165, 1.54) is 18.6 Å². The van der Waals surface area contributed by atoms with E-state index in [-0.39, 0.29) is 16.6 Å². The second-order valence-corrected chi connectivity index (χ2v) is 7.41. The summed E-state index contributed by atoms with van der Waals surface area (Å²) < 4.78 is 41.3. The van der Waals surface area contributed by atoms with Gasteiger partial charge in [-0.3, -0.25) is 0 Å². The van der Waals surface area contributed by atoms with Gasteiger partial charge in [0.2, 0.25) is 10.0 Å². The molecule has 1 fully saturated rings. The zero-order valence-electron chi connectivity index (χ0n) is 12.3. The first-order valence-corrected chi connectivity index (χ1v) is 8.99. The van der Waals surface area contributed by atoms with E-state index >= 15 is 0 Å². The van der Waals surface area contributed by atoms with Crippen LogP contribution >= 0.6 is 0 Å². The molecule has 21 heavy (non-hydrogen) atoms. The smallest absolute Gasteiger partial charge is 0.243 e. The summed E-state index contributed by atoms with van der Waals surface area (Å²) in [7, 11) is -3.88. The highest BCUT2D eigenvalue weighted by atomic mass is 32.2. The molecule has 3 N–H and O–H groups in total. The van der Waals surface area contributed by atoms with Gasteiger partial charge in [0.25, 0.3) is 0 Å². The van der Waals surface area contributed by atoms with Crippen molar-refractivity contribution < 1.29 is 12.8 Å². The minimum atomic E-state index is -3.88. The van der Waals surface area contributed by atoms with Crippen LogP contribution in [-0.4, -0.2) is 14.5 Å². The highest BCUT2D eigenvalue weighted by molar-refractivity contribution is 7.89. The molecule has 1 atom stereocenters. The normalized spacial score (nSPS) is 18.6. The van der Waals surface area contributed by atoms with E-state index < -0.39 is 15.8 Å². The molecule has 0 radical (unpaired) electrons. The van der Waals surface area contributed by atoms with Gasteiger partial charge < -0.3 is 5.73 Å². The molecule has 0 heterocycles. The third-order valence-electron chi connectivity index (χ3n) is 4.21. The molecule has 1 aromatic carbocycles. The molecule has 6 heteroatoms. The van der Waals surface area contributed by atoms with Crippen LogP contribution in [0.2, 0.25) is 0 Å². The van der Waals surface area contributed by atoms with E-state index in [4.69, 9.17) is 5.73 Å². The van der Waals surface area contributed by atoms with Gasteiger partial charge >= 0.3 is 0 Å². The lowest BCUT2D eigenvalue weighted by Crippen LogP contribution is -2.40. The van der Waals surface area contributed by atoms with Crippen LogP contribution in [0.15, 0.2) is 23.1 Å². The van der Waals surface area contributed by atoms with Crippen molar-refractivity contribution >= 4 is 15.7 Å². The molecule has 0 saturated heterocycles. The number of hydrogen-bond acceptors (Lipinski definition) is 3. The number of rotatable bonds is 5. The van der Waals surface area contributed by atoms with Crippen LogP contribution in [0, 0.1) is 11.7 Å². The molecule has 1 aliphatic carbocycles. The van der Waals surface area contributed by atoms with E-state index in [1.807, 2.05) is 6.92 Å². The molecule has 0 amide bonds. The number of nitrogens with two attached hydrogens (primary N) is 1. The van der Waals surface area contributed by atoms with Gasteiger partial charge in [0, 0.05) is 11.7 Å². The predicted molar refractivity (Wildman–Crippen MR) is 81.8 cm³/mol. The second kappa shape index (κ2) is 6.75. The lowest BCUT2D eigenvalue weighted by Gasteiger charge is -2.30. The molecular formula is C15H23FN2O2S. The lowest BCUT2D eigenvalue weighted by molar-refractivity contribution is 0.285. The molecule has 118 valence electrons. The van der Waals surface area contributed by atoms with Gasteiger partial charge in [-0.05, 0) is 43.4 Å². The maximum atomic E-state index is 13.8. The van der Waals surface area contributed by atoms with Crippen molar-refractivity contribution in [2.45, 2.75) is 56.4 Å². The Labute approximate surface area is 126 Å². The second-order valence-electron chi connectivity index (χ2n) is 5.72. The molecule has 1 aromatic rings. The Morgan fingerprint density at radius 1 is 1.33 bits per heavy atom. The van der Waals surface area contributed by atoms with Gasteiger partial charge in [0.1, 0.15) is 10.7 Å². The standard InChI is InChI=1S/C15H23FN2O2S/c1-2-14(11-6-4-3-5-7-11)18-21(19,20)15-10-12(17)8-9-13(15)16/h8-11,14,18H,2-7,17H2,1H3. The van der Waals surface area contributed by atoms with Crippen molar-refractivity contribution in [2.75, 3.05) is 5.73 Å². The quantitative estimate of drug-likeness (QED) is 0.821. The van der Waals surface area contributed by atoms with Crippen LogP contribution < -0.4 is 10.5 Å². The fourth-order valence-electron chi connectivity index (χ4n) is 3.04. The van der Waals surface area contributed by atoms with Crippen molar-refractivity contribution in [3.05, 3.63) is 24.0 Å². The molecule has 1 unspecified atom stereocenters. The number of hydrogen-bond donors (Lipinski definition) is 2. The maximum absolute atomic E-state index is 13.8. The summed E-state index contributed by atoms with van der Waals surface area (Å²) in [5, 5.41) is 0. The molecule has 4 nitrogen and oxygen atoms in total. The number of benzene rings is 1. The minimum Gasteiger partial charge on any atom is -0.399 e. The summed E-state index contributed by atoms with van der Waals surface area (Å²) in [6.07, 6.45) is 6.24. The monoisotopic (exact) mass is 314 g/mol. The van der Waals surface area contributed by atoms with Crippen molar-refractivity contribution in [3.63, 3.8) is 0 Å². The van der Waals surface area contributed by atoms with Gasteiger partial charge in [-0.25, -0.2) is 17.5 Å². The Morgan fingerprint density at radius 3 is 2.62 bits per heavy atom. The lowest BCUT2D eigenvalue weighted by atomic mass is 9.83. The molecule has 0 aliphatic heterocycles. The summed E-state index contributed by atoms with van der Waals surface area (Å²) in [6, 6.07) is 3.47. The van der Waals surface area contributed by atoms with E-state index in [0.717, 1.165) is 31.7 Å². The third-order valence-corrected chi connectivity index (χ3v) is 5.71.